The Labute approximate surface area is 122 Å². The number of aliphatic carboxylic acids is 1. The van der Waals surface area contributed by atoms with E-state index in [0.717, 1.165) is 5.56 Å². The summed E-state index contributed by atoms with van der Waals surface area (Å²) in [5, 5.41) is 15.0. The van der Waals surface area contributed by atoms with Crippen LogP contribution in [0.5, 0.6) is 0 Å². The zero-order chi connectivity index (χ0) is 14.8. The van der Waals surface area contributed by atoms with Crippen LogP contribution in [-0.4, -0.2) is 23.7 Å². The predicted octanol–water partition coefficient (Wildman–Crippen LogP) is 2.57. The molecule has 2 rings (SSSR count). The second-order valence-corrected chi connectivity index (χ2v) is 5.63. The largest absolute Gasteiger partial charge is 0.481 e. The molecule has 1 fully saturated rings. The summed E-state index contributed by atoms with van der Waals surface area (Å²) in [6, 6.07) is 6.67. The summed E-state index contributed by atoms with van der Waals surface area (Å²) in [7, 11) is 0. The maximum atomic E-state index is 11.8. The highest BCUT2D eigenvalue weighted by atomic mass is 35.5. The average molecular weight is 297 g/mol. The van der Waals surface area contributed by atoms with E-state index in [1.807, 2.05) is 19.1 Å². The van der Waals surface area contributed by atoms with Crippen molar-refractivity contribution in [3.63, 3.8) is 0 Å². The molecule has 6 heteroatoms. The van der Waals surface area contributed by atoms with E-state index in [2.05, 4.69) is 10.6 Å². The number of carboxylic acid groups (broad SMARTS) is 1. The Morgan fingerprint density at radius 3 is 2.70 bits per heavy atom. The molecular formula is C14H17ClN2O3. The fourth-order valence-electron chi connectivity index (χ4n) is 1.97. The SMILES string of the molecule is CC(NC(=O)NCC1(C(=O)O)CC1)c1cccc(Cl)c1. The Hall–Kier alpha value is -1.75. The molecule has 0 spiro atoms. The topological polar surface area (TPSA) is 78.4 Å². The second-order valence-electron chi connectivity index (χ2n) is 5.19. The number of rotatable bonds is 5. The maximum absolute atomic E-state index is 11.8. The van der Waals surface area contributed by atoms with Gasteiger partial charge in [-0.05, 0) is 37.5 Å². The molecule has 0 radical (unpaired) electrons. The molecule has 1 aromatic rings. The Morgan fingerprint density at radius 2 is 2.15 bits per heavy atom. The second kappa shape index (κ2) is 5.71. The first-order valence-electron chi connectivity index (χ1n) is 6.46. The molecule has 3 N–H and O–H groups in total. The molecule has 0 aliphatic heterocycles. The molecule has 20 heavy (non-hydrogen) atoms. The molecule has 1 saturated carbocycles. The van der Waals surface area contributed by atoms with Gasteiger partial charge in [0.15, 0.2) is 0 Å². The number of nitrogens with one attached hydrogen (secondary N) is 2. The van der Waals surface area contributed by atoms with E-state index < -0.39 is 11.4 Å². The van der Waals surface area contributed by atoms with E-state index in [9.17, 15) is 9.59 Å². The number of amides is 2. The Bertz CT molecular complexity index is 529. The van der Waals surface area contributed by atoms with E-state index in [0.29, 0.717) is 17.9 Å². The summed E-state index contributed by atoms with van der Waals surface area (Å²) in [5.41, 5.74) is 0.142. The van der Waals surface area contributed by atoms with E-state index >= 15 is 0 Å². The summed E-state index contributed by atoms with van der Waals surface area (Å²) >= 11 is 5.90. The summed E-state index contributed by atoms with van der Waals surface area (Å²) < 4.78 is 0. The van der Waals surface area contributed by atoms with Gasteiger partial charge in [-0.1, -0.05) is 23.7 Å². The molecule has 2 amide bonds. The van der Waals surface area contributed by atoms with Crippen LogP contribution in [0.3, 0.4) is 0 Å². The minimum Gasteiger partial charge on any atom is -0.481 e. The molecule has 1 aromatic carbocycles. The zero-order valence-electron chi connectivity index (χ0n) is 11.1. The highest BCUT2D eigenvalue weighted by Gasteiger charge is 2.50. The van der Waals surface area contributed by atoms with E-state index in [4.69, 9.17) is 16.7 Å². The molecule has 0 aromatic heterocycles. The smallest absolute Gasteiger partial charge is 0.315 e. The Morgan fingerprint density at radius 1 is 1.45 bits per heavy atom. The van der Waals surface area contributed by atoms with Crippen molar-refractivity contribution in [3.8, 4) is 0 Å². The van der Waals surface area contributed by atoms with Gasteiger partial charge in [-0.25, -0.2) is 4.79 Å². The number of hydrogen-bond donors (Lipinski definition) is 3. The number of carbonyl (C=O) groups is 2. The lowest BCUT2D eigenvalue weighted by Gasteiger charge is -2.17. The number of carboxylic acids is 1. The first-order chi connectivity index (χ1) is 9.43. The summed E-state index contributed by atoms with van der Waals surface area (Å²) in [6.45, 7) is 2.01. The third-order valence-electron chi connectivity index (χ3n) is 3.59. The molecular weight excluding hydrogens is 280 g/mol. The Balaban J connectivity index is 1.84. The van der Waals surface area contributed by atoms with Crippen LogP contribution >= 0.6 is 11.6 Å². The van der Waals surface area contributed by atoms with Crippen molar-refractivity contribution >= 4 is 23.6 Å². The number of halogens is 1. The van der Waals surface area contributed by atoms with Gasteiger partial charge >= 0.3 is 12.0 Å². The lowest BCUT2D eigenvalue weighted by atomic mass is 10.1. The number of benzene rings is 1. The first-order valence-corrected chi connectivity index (χ1v) is 6.84. The van der Waals surface area contributed by atoms with Gasteiger partial charge in [0.2, 0.25) is 0 Å². The van der Waals surface area contributed by atoms with Crippen LogP contribution in [0.4, 0.5) is 4.79 Å². The summed E-state index contributed by atoms with van der Waals surface area (Å²) in [4.78, 5) is 22.8. The minimum absolute atomic E-state index is 0.163. The van der Waals surface area contributed by atoms with Gasteiger partial charge in [-0.3, -0.25) is 4.79 Å². The van der Waals surface area contributed by atoms with Gasteiger partial charge in [-0.2, -0.15) is 0 Å². The Kier molecular flexibility index (Phi) is 4.18. The average Bonchev–Trinajstić information content (AvgIpc) is 3.17. The van der Waals surface area contributed by atoms with Gasteiger partial charge in [-0.15, -0.1) is 0 Å². The fourth-order valence-corrected chi connectivity index (χ4v) is 2.17. The normalized spacial score (nSPS) is 17.1. The van der Waals surface area contributed by atoms with Gasteiger partial charge in [0, 0.05) is 11.6 Å². The monoisotopic (exact) mass is 296 g/mol. The van der Waals surface area contributed by atoms with E-state index in [1.165, 1.54) is 0 Å². The molecule has 1 aliphatic carbocycles. The molecule has 1 aliphatic rings. The summed E-state index contributed by atoms with van der Waals surface area (Å²) in [5.74, 6) is -0.847. The number of carbonyl (C=O) groups excluding carboxylic acids is 1. The van der Waals surface area contributed by atoms with Crippen molar-refractivity contribution in [2.45, 2.75) is 25.8 Å². The lowest BCUT2D eigenvalue weighted by Crippen LogP contribution is -2.41. The maximum Gasteiger partial charge on any atom is 0.315 e. The molecule has 1 unspecified atom stereocenters. The number of hydrogen-bond acceptors (Lipinski definition) is 2. The van der Waals surface area contributed by atoms with E-state index in [1.54, 1.807) is 12.1 Å². The van der Waals surface area contributed by atoms with Crippen molar-refractivity contribution < 1.29 is 14.7 Å². The third-order valence-corrected chi connectivity index (χ3v) is 3.83. The fraction of sp³-hybridized carbons (Fsp3) is 0.429. The van der Waals surface area contributed by atoms with Gasteiger partial charge in [0.05, 0.1) is 11.5 Å². The van der Waals surface area contributed by atoms with Crippen molar-refractivity contribution in [2.24, 2.45) is 5.41 Å². The zero-order valence-corrected chi connectivity index (χ0v) is 11.9. The van der Waals surface area contributed by atoms with Crippen LogP contribution in [0.15, 0.2) is 24.3 Å². The van der Waals surface area contributed by atoms with Crippen LogP contribution in [0.1, 0.15) is 31.4 Å². The third kappa shape index (κ3) is 3.42. The highest BCUT2D eigenvalue weighted by molar-refractivity contribution is 6.30. The predicted molar refractivity (Wildman–Crippen MR) is 75.7 cm³/mol. The van der Waals surface area contributed by atoms with Crippen LogP contribution in [0, 0.1) is 5.41 Å². The summed E-state index contributed by atoms with van der Waals surface area (Å²) in [6.07, 6.45) is 1.24. The quantitative estimate of drug-likeness (QED) is 0.781. The minimum atomic E-state index is -0.847. The standard InChI is InChI=1S/C14H17ClN2O3/c1-9(10-3-2-4-11(15)7-10)17-13(20)16-8-14(5-6-14)12(18)19/h2-4,7,9H,5-6,8H2,1H3,(H,18,19)(H2,16,17,20). The van der Waals surface area contributed by atoms with E-state index in [-0.39, 0.29) is 18.6 Å². The van der Waals surface area contributed by atoms with Crippen molar-refractivity contribution in [1.29, 1.82) is 0 Å². The lowest BCUT2D eigenvalue weighted by molar-refractivity contribution is -0.143. The van der Waals surface area contributed by atoms with Gasteiger partial charge in [0.1, 0.15) is 0 Å². The van der Waals surface area contributed by atoms with Gasteiger partial charge in [0.25, 0.3) is 0 Å². The van der Waals surface area contributed by atoms with Gasteiger partial charge < -0.3 is 15.7 Å². The molecule has 0 heterocycles. The van der Waals surface area contributed by atoms with Crippen molar-refractivity contribution in [1.82, 2.24) is 10.6 Å². The first kappa shape index (κ1) is 14.7. The van der Waals surface area contributed by atoms with Crippen LogP contribution in [0.25, 0.3) is 0 Å². The highest BCUT2D eigenvalue weighted by Crippen LogP contribution is 2.45. The molecule has 108 valence electrons. The molecule has 0 saturated heterocycles. The number of urea groups is 1. The molecule has 0 bridgehead atoms. The molecule has 1 atom stereocenters. The molecule has 5 nitrogen and oxygen atoms in total. The van der Waals surface area contributed by atoms with Crippen molar-refractivity contribution in [2.75, 3.05) is 6.54 Å². The van der Waals surface area contributed by atoms with Crippen molar-refractivity contribution in [3.05, 3.63) is 34.9 Å². The van der Waals surface area contributed by atoms with Crippen LogP contribution in [-0.2, 0) is 4.79 Å². The van der Waals surface area contributed by atoms with Crippen LogP contribution < -0.4 is 10.6 Å². The van der Waals surface area contributed by atoms with Crippen LogP contribution in [0.2, 0.25) is 5.02 Å².